The van der Waals surface area contributed by atoms with Gasteiger partial charge in [-0.25, -0.2) is 9.59 Å². The second-order valence-corrected chi connectivity index (χ2v) is 6.83. The van der Waals surface area contributed by atoms with Crippen molar-refractivity contribution < 1.29 is 19.5 Å². The number of fused-ring (bicyclic) bond motifs is 1. The van der Waals surface area contributed by atoms with E-state index in [4.69, 9.17) is 0 Å². The molecule has 5 N–H and O–H groups in total. The van der Waals surface area contributed by atoms with E-state index in [0.29, 0.717) is 0 Å². The van der Waals surface area contributed by atoms with Crippen LogP contribution in [0.4, 0.5) is 4.79 Å². The lowest BCUT2D eigenvalue weighted by Gasteiger charge is -2.16. The number of rotatable bonds is 7. The molecule has 1 aromatic heterocycles. The molecule has 0 radical (unpaired) electrons. The number of hydrogen-bond acceptors (Lipinski definition) is 3. The van der Waals surface area contributed by atoms with E-state index in [1.54, 1.807) is 6.20 Å². The summed E-state index contributed by atoms with van der Waals surface area (Å²) >= 11 is 0. The molecule has 0 bridgehead atoms. The van der Waals surface area contributed by atoms with E-state index in [9.17, 15) is 19.5 Å². The van der Waals surface area contributed by atoms with Crippen LogP contribution in [0.25, 0.3) is 10.9 Å². The van der Waals surface area contributed by atoms with E-state index in [1.807, 2.05) is 24.3 Å². The molecule has 3 rings (SSSR count). The first-order chi connectivity index (χ1) is 13.0. The average Bonchev–Trinajstić information content (AvgIpc) is 3.29. The monoisotopic (exact) mass is 372 g/mol. The van der Waals surface area contributed by atoms with Gasteiger partial charge < -0.3 is 26.0 Å². The van der Waals surface area contributed by atoms with Crippen LogP contribution in [0.3, 0.4) is 0 Å². The number of urea groups is 1. The fraction of sp³-hybridized carbons (Fsp3) is 0.421. The molecule has 3 amide bonds. The lowest BCUT2D eigenvalue weighted by molar-refractivity contribution is -0.139. The van der Waals surface area contributed by atoms with Crippen LogP contribution in [-0.4, -0.2) is 46.6 Å². The number of aromatic amines is 1. The number of carbonyl (C=O) groups excluding carboxylic acids is 2. The zero-order valence-electron chi connectivity index (χ0n) is 15.0. The minimum Gasteiger partial charge on any atom is -0.480 e. The third-order valence-corrected chi connectivity index (χ3v) is 4.83. The van der Waals surface area contributed by atoms with E-state index in [-0.39, 0.29) is 24.9 Å². The molecule has 1 aromatic carbocycles. The number of amides is 3. The van der Waals surface area contributed by atoms with Crippen molar-refractivity contribution in [1.82, 2.24) is 20.9 Å². The highest BCUT2D eigenvalue weighted by molar-refractivity contribution is 5.88. The number of carboxylic acid groups (broad SMARTS) is 1. The van der Waals surface area contributed by atoms with Crippen molar-refractivity contribution in [3.05, 3.63) is 36.0 Å². The number of carboxylic acids is 1. The Balaban J connectivity index is 1.52. The summed E-state index contributed by atoms with van der Waals surface area (Å²) < 4.78 is 0. The van der Waals surface area contributed by atoms with Gasteiger partial charge in [-0.3, -0.25) is 4.79 Å². The predicted molar refractivity (Wildman–Crippen MR) is 100 cm³/mol. The Morgan fingerprint density at radius 2 is 1.93 bits per heavy atom. The summed E-state index contributed by atoms with van der Waals surface area (Å²) in [5.74, 6) is -1.40. The summed E-state index contributed by atoms with van der Waals surface area (Å²) in [6.07, 6.45) is 6.02. The number of H-pyrrole nitrogens is 1. The summed E-state index contributed by atoms with van der Waals surface area (Å²) in [5.41, 5.74) is 1.71. The van der Waals surface area contributed by atoms with Gasteiger partial charge in [0.15, 0.2) is 0 Å². The van der Waals surface area contributed by atoms with Gasteiger partial charge in [0, 0.05) is 29.6 Å². The third-order valence-electron chi connectivity index (χ3n) is 4.83. The van der Waals surface area contributed by atoms with Gasteiger partial charge in [0.1, 0.15) is 6.04 Å². The SMILES string of the molecule is O=C(CNC(=O)NC(Cc1c[nH]c2ccccc12)C(=O)O)NC1CCCC1. The Kier molecular flexibility index (Phi) is 5.95. The second-order valence-electron chi connectivity index (χ2n) is 6.83. The zero-order chi connectivity index (χ0) is 19.2. The largest absolute Gasteiger partial charge is 0.480 e. The topological polar surface area (TPSA) is 123 Å². The number of hydrogen-bond donors (Lipinski definition) is 5. The van der Waals surface area contributed by atoms with Crippen LogP contribution in [0.15, 0.2) is 30.5 Å². The summed E-state index contributed by atoms with van der Waals surface area (Å²) in [6, 6.07) is 5.96. The molecular weight excluding hydrogens is 348 g/mol. The maximum atomic E-state index is 12.0. The molecule has 0 spiro atoms. The van der Waals surface area contributed by atoms with E-state index in [2.05, 4.69) is 20.9 Å². The fourth-order valence-corrected chi connectivity index (χ4v) is 3.44. The highest BCUT2D eigenvalue weighted by Gasteiger charge is 2.22. The lowest BCUT2D eigenvalue weighted by atomic mass is 10.1. The van der Waals surface area contributed by atoms with Crippen LogP contribution in [-0.2, 0) is 16.0 Å². The van der Waals surface area contributed by atoms with Crippen molar-refractivity contribution in [2.45, 2.75) is 44.2 Å². The fourth-order valence-electron chi connectivity index (χ4n) is 3.44. The Labute approximate surface area is 156 Å². The van der Waals surface area contributed by atoms with E-state index in [1.165, 1.54) is 0 Å². The van der Waals surface area contributed by atoms with Crippen LogP contribution >= 0.6 is 0 Å². The molecule has 1 aliphatic rings. The minimum absolute atomic E-state index is 0.140. The molecule has 1 unspecified atom stereocenters. The third kappa shape index (κ3) is 4.99. The van der Waals surface area contributed by atoms with Gasteiger partial charge >= 0.3 is 12.0 Å². The smallest absolute Gasteiger partial charge is 0.326 e. The van der Waals surface area contributed by atoms with Crippen molar-refractivity contribution in [3.63, 3.8) is 0 Å². The van der Waals surface area contributed by atoms with Crippen LogP contribution in [0.5, 0.6) is 0 Å². The van der Waals surface area contributed by atoms with Crippen molar-refractivity contribution in [2.75, 3.05) is 6.54 Å². The molecule has 1 fully saturated rings. The molecule has 1 saturated carbocycles. The lowest BCUT2D eigenvalue weighted by Crippen LogP contribution is -2.49. The molecule has 27 heavy (non-hydrogen) atoms. The Morgan fingerprint density at radius 1 is 1.19 bits per heavy atom. The van der Waals surface area contributed by atoms with Crippen LogP contribution in [0.2, 0.25) is 0 Å². The average molecular weight is 372 g/mol. The van der Waals surface area contributed by atoms with Gasteiger partial charge in [0.05, 0.1) is 6.54 Å². The van der Waals surface area contributed by atoms with Gasteiger partial charge in [0.25, 0.3) is 0 Å². The van der Waals surface area contributed by atoms with Gasteiger partial charge in [-0.15, -0.1) is 0 Å². The van der Waals surface area contributed by atoms with Gasteiger partial charge in [-0.05, 0) is 24.5 Å². The van der Waals surface area contributed by atoms with E-state index >= 15 is 0 Å². The van der Waals surface area contributed by atoms with Crippen LogP contribution in [0, 0.1) is 0 Å². The highest BCUT2D eigenvalue weighted by atomic mass is 16.4. The highest BCUT2D eigenvalue weighted by Crippen LogP contribution is 2.19. The van der Waals surface area contributed by atoms with E-state index in [0.717, 1.165) is 42.1 Å². The Hall–Kier alpha value is -3.03. The zero-order valence-corrected chi connectivity index (χ0v) is 15.0. The molecule has 1 heterocycles. The second kappa shape index (κ2) is 8.57. The summed E-state index contributed by atoms with van der Waals surface area (Å²) in [5, 5.41) is 18.1. The van der Waals surface area contributed by atoms with Gasteiger partial charge in [-0.1, -0.05) is 31.0 Å². The first-order valence-corrected chi connectivity index (χ1v) is 9.14. The number of aliphatic carboxylic acids is 1. The van der Waals surface area contributed by atoms with Crippen molar-refractivity contribution in [1.29, 1.82) is 0 Å². The molecule has 1 aliphatic carbocycles. The predicted octanol–water partition coefficient (Wildman–Crippen LogP) is 1.52. The molecule has 0 aliphatic heterocycles. The molecule has 144 valence electrons. The molecule has 0 saturated heterocycles. The number of para-hydroxylation sites is 1. The van der Waals surface area contributed by atoms with Crippen LogP contribution < -0.4 is 16.0 Å². The van der Waals surface area contributed by atoms with Crippen molar-refractivity contribution in [2.24, 2.45) is 0 Å². The van der Waals surface area contributed by atoms with Gasteiger partial charge in [-0.2, -0.15) is 0 Å². The van der Waals surface area contributed by atoms with Gasteiger partial charge in [0.2, 0.25) is 5.91 Å². The number of aromatic nitrogens is 1. The number of benzene rings is 1. The summed E-state index contributed by atoms with van der Waals surface area (Å²) in [6.45, 7) is -0.179. The van der Waals surface area contributed by atoms with Crippen LogP contribution in [0.1, 0.15) is 31.2 Å². The first-order valence-electron chi connectivity index (χ1n) is 9.14. The quantitative estimate of drug-likeness (QED) is 0.505. The molecule has 1 atom stereocenters. The first kappa shape index (κ1) is 18.8. The van der Waals surface area contributed by atoms with E-state index < -0.39 is 18.0 Å². The minimum atomic E-state index is -1.13. The summed E-state index contributed by atoms with van der Waals surface area (Å²) in [7, 11) is 0. The molecule has 8 heteroatoms. The van der Waals surface area contributed by atoms with Crippen molar-refractivity contribution in [3.8, 4) is 0 Å². The Bertz CT molecular complexity index is 826. The molecule has 8 nitrogen and oxygen atoms in total. The standard InChI is InChI=1S/C19H24N4O4/c24-17(22-13-5-1-2-6-13)11-21-19(27)23-16(18(25)26)9-12-10-20-15-8-4-3-7-14(12)15/h3-4,7-8,10,13,16,20H,1-2,5-6,9,11H2,(H,22,24)(H,25,26)(H2,21,23,27). The Morgan fingerprint density at radius 3 is 2.67 bits per heavy atom. The summed E-state index contributed by atoms with van der Waals surface area (Å²) in [4.78, 5) is 38.5. The maximum absolute atomic E-state index is 12.0. The van der Waals surface area contributed by atoms with Crippen molar-refractivity contribution >= 4 is 28.8 Å². The molecular formula is C19H24N4O4. The number of carbonyl (C=O) groups is 3. The number of nitrogens with one attached hydrogen (secondary N) is 4. The normalized spacial score (nSPS) is 15.4. The maximum Gasteiger partial charge on any atom is 0.326 e. The molecule has 2 aromatic rings.